The number of nitrogens with two attached hydrogens (primary N) is 1. The third kappa shape index (κ3) is 4.68. The highest BCUT2D eigenvalue weighted by molar-refractivity contribution is 5.58. The Bertz CT molecular complexity index is 567. The second-order valence-corrected chi connectivity index (χ2v) is 4.07. The fourth-order valence-electron chi connectivity index (χ4n) is 1.61. The van der Waals surface area contributed by atoms with E-state index in [1.165, 1.54) is 12.1 Å². The Kier molecular flexibility index (Phi) is 6.00. The predicted molar refractivity (Wildman–Crippen MR) is 87.3 cm³/mol. The summed E-state index contributed by atoms with van der Waals surface area (Å²) in [5.41, 5.74) is 11.2. The molecule has 3 N–H and O–H groups in total. The highest BCUT2D eigenvalue weighted by atomic mass is 16.6. The Morgan fingerprint density at radius 3 is 2.05 bits per heavy atom. The summed E-state index contributed by atoms with van der Waals surface area (Å²) in [5.74, 6) is 0. The first-order valence-electron chi connectivity index (χ1n) is 6.66. The number of nitro benzene ring substituents is 1. The van der Waals surface area contributed by atoms with Crippen LogP contribution in [0, 0.1) is 10.1 Å². The van der Waals surface area contributed by atoms with Gasteiger partial charge in [0, 0.05) is 24.9 Å². The molecule has 0 saturated heterocycles. The van der Waals surface area contributed by atoms with E-state index < -0.39 is 4.92 Å². The van der Waals surface area contributed by atoms with Gasteiger partial charge >= 0.3 is 0 Å². The van der Waals surface area contributed by atoms with Gasteiger partial charge in [-0.05, 0) is 36.4 Å². The van der Waals surface area contributed by atoms with Crippen molar-refractivity contribution in [3.8, 4) is 0 Å². The van der Waals surface area contributed by atoms with E-state index in [1.54, 1.807) is 29.3 Å². The lowest BCUT2D eigenvalue weighted by Crippen LogP contribution is -2.24. The maximum absolute atomic E-state index is 10.6. The van der Waals surface area contributed by atoms with Crippen LogP contribution in [0.25, 0.3) is 0 Å². The van der Waals surface area contributed by atoms with Gasteiger partial charge in [0.15, 0.2) is 0 Å². The highest BCUT2D eigenvalue weighted by Gasteiger charge is 2.06. The molecule has 0 aliphatic heterocycles. The summed E-state index contributed by atoms with van der Waals surface area (Å²) in [4.78, 5) is 10.2. The molecule has 0 spiro atoms. The average Bonchev–Trinajstić information content (AvgIpc) is 2.51. The minimum absolute atomic E-state index is 0.0737. The molecule has 0 bridgehead atoms. The van der Waals surface area contributed by atoms with Crippen LogP contribution in [0.3, 0.4) is 0 Å². The van der Waals surface area contributed by atoms with Gasteiger partial charge in [-0.2, -0.15) is 0 Å². The van der Waals surface area contributed by atoms with E-state index in [9.17, 15) is 10.1 Å². The molecular weight excluding hydrogens is 268 g/mol. The lowest BCUT2D eigenvalue weighted by molar-refractivity contribution is -0.384. The molecule has 0 saturated carbocycles. The smallest absolute Gasteiger partial charge is 0.269 e. The van der Waals surface area contributed by atoms with Gasteiger partial charge in [0.2, 0.25) is 0 Å². The first-order valence-corrected chi connectivity index (χ1v) is 6.66. The number of non-ortho nitro benzene ring substituents is 1. The predicted octanol–water partition coefficient (Wildman–Crippen LogP) is 3.67. The number of hydrazine groups is 1. The Labute approximate surface area is 124 Å². The number of nitrogens with one attached hydrogen (secondary N) is 1. The lowest BCUT2D eigenvalue weighted by Gasteiger charge is -2.21. The fraction of sp³-hybridized carbons (Fsp3) is 0.200. The Hall–Kier alpha value is -2.76. The van der Waals surface area contributed by atoms with Crippen LogP contribution >= 0.6 is 0 Å². The lowest BCUT2D eigenvalue weighted by atomic mass is 10.3. The molecular formula is C15H20N4O2. The zero-order valence-corrected chi connectivity index (χ0v) is 12.4. The summed E-state index contributed by atoms with van der Waals surface area (Å²) in [6, 6.07) is 13.6. The molecule has 0 aliphatic carbocycles. The first-order chi connectivity index (χ1) is 10.1. The van der Waals surface area contributed by atoms with Crippen LogP contribution in [-0.2, 0) is 0 Å². The third-order valence-corrected chi connectivity index (χ3v) is 2.66. The van der Waals surface area contributed by atoms with Gasteiger partial charge in [0.25, 0.3) is 5.69 Å². The molecule has 6 nitrogen and oxygen atoms in total. The quantitative estimate of drug-likeness (QED) is 0.509. The zero-order chi connectivity index (χ0) is 15.8. The SMILES string of the molecule is CC.CN(Nc1ccc(N)cc1)c1ccc([N+](=O)[O-])cc1. The van der Waals surface area contributed by atoms with E-state index in [4.69, 9.17) is 5.73 Å². The number of rotatable bonds is 4. The van der Waals surface area contributed by atoms with Crippen LogP contribution < -0.4 is 16.2 Å². The molecule has 6 heteroatoms. The largest absolute Gasteiger partial charge is 0.399 e. The molecule has 0 atom stereocenters. The van der Waals surface area contributed by atoms with Crippen LogP contribution in [0.5, 0.6) is 0 Å². The van der Waals surface area contributed by atoms with Gasteiger partial charge in [0.05, 0.1) is 16.3 Å². The zero-order valence-electron chi connectivity index (χ0n) is 12.4. The summed E-state index contributed by atoms with van der Waals surface area (Å²) in [7, 11) is 1.83. The summed E-state index contributed by atoms with van der Waals surface area (Å²) < 4.78 is 0. The van der Waals surface area contributed by atoms with Crippen molar-refractivity contribution in [1.29, 1.82) is 0 Å². The molecule has 0 amide bonds. The van der Waals surface area contributed by atoms with Crippen LogP contribution in [-0.4, -0.2) is 12.0 Å². The van der Waals surface area contributed by atoms with Crippen molar-refractivity contribution in [3.63, 3.8) is 0 Å². The Balaban J connectivity index is 0.00000106. The van der Waals surface area contributed by atoms with Crippen LogP contribution in [0.15, 0.2) is 48.5 Å². The van der Waals surface area contributed by atoms with Crippen molar-refractivity contribution in [2.24, 2.45) is 0 Å². The number of hydrogen-bond acceptors (Lipinski definition) is 5. The molecule has 0 radical (unpaired) electrons. The van der Waals surface area contributed by atoms with E-state index in [1.807, 2.05) is 33.0 Å². The van der Waals surface area contributed by atoms with Crippen molar-refractivity contribution in [3.05, 3.63) is 58.6 Å². The van der Waals surface area contributed by atoms with Gasteiger partial charge < -0.3 is 5.73 Å². The fourth-order valence-corrected chi connectivity index (χ4v) is 1.61. The van der Waals surface area contributed by atoms with Gasteiger partial charge in [0.1, 0.15) is 0 Å². The van der Waals surface area contributed by atoms with E-state index >= 15 is 0 Å². The number of nitrogens with zero attached hydrogens (tertiary/aromatic N) is 2. The Morgan fingerprint density at radius 2 is 1.57 bits per heavy atom. The summed E-state index contributed by atoms with van der Waals surface area (Å²) in [6.45, 7) is 4.00. The standard InChI is InChI=1S/C13H14N4O2.C2H6/c1-16(15-11-4-2-10(14)3-5-11)12-6-8-13(9-7-12)17(18)19;1-2/h2-9,15H,14H2,1H3;1-2H3. The molecule has 2 aromatic rings. The summed E-state index contributed by atoms with van der Waals surface area (Å²) in [6.07, 6.45) is 0. The first kappa shape index (κ1) is 16.3. The van der Waals surface area contributed by atoms with E-state index in [0.717, 1.165) is 11.4 Å². The molecule has 112 valence electrons. The summed E-state index contributed by atoms with van der Waals surface area (Å²) in [5, 5.41) is 12.3. The topological polar surface area (TPSA) is 84.4 Å². The number of hydrogen-bond donors (Lipinski definition) is 2. The van der Waals surface area contributed by atoms with Gasteiger partial charge in [-0.3, -0.25) is 20.5 Å². The van der Waals surface area contributed by atoms with Crippen LogP contribution in [0.1, 0.15) is 13.8 Å². The number of nitro groups is 1. The molecule has 0 aliphatic rings. The van der Waals surface area contributed by atoms with E-state index in [-0.39, 0.29) is 5.69 Å². The van der Waals surface area contributed by atoms with Crippen molar-refractivity contribution in [2.45, 2.75) is 13.8 Å². The maximum atomic E-state index is 10.6. The Morgan fingerprint density at radius 1 is 1.05 bits per heavy atom. The molecule has 0 fully saturated rings. The second kappa shape index (κ2) is 7.74. The van der Waals surface area contributed by atoms with Crippen molar-refractivity contribution in [2.75, 3.05) is 23.2 Å². The number of nitrogen functional groups attached to an aromatic ring is 1. The monoisotopic (exact) mass is 288 g/mol. The molecule has 0 heterocycles. The van der Waals surface area contributed by atoms with E-state index in [2.05, 4.69) is 5.43 Å². The molecule has 2 aromatic carbocycles. The molecule has 0 unspecified atom stereocenters. The van der Waals surface area contributed by atoms with Gasteiger partial charge in [-0.1, -0.05) is 13.8 Å². The summed E-state index contributed by atoms with van der Waals surface area (Å²) >= 11 is 0. The van der Waals surface area contributed by atoms with Crippen molar-refractivity contribution < 1.29 is 4.92 Å². The number of anilines is 3. The molecule has 0 aromatic heterocycles. The van der Waals surface area contributed by atoms with Crippen molar-refractivity contribution in [1.82, 2.24) is 0 Å². The third-order valence-electron chi connectivity index (χ3n) is 2.66. The van der Waals surface area contributed by atoms with E-state index in [0.29, 0.717) is 5.69 Å². The van der Waals surface area contributed by atoms with Crippen LogP contribution in [0.2, 0.25) is 0 Å². The molecule has 2 rings (SSSR count). The normalized spacial score (nSPS) is 9.29. The van der Waals surface area contributed by atoms with Gasteiger partial charge in [-0.15, -0.1) is 0 Å². The second-order valence-electron chi connectivity index (χ2n) is 4.07. The minimum Gasteiger partial charge on any atom is -0.399 e. The minimum atomic E-state index is -0.419. The van der Waals surface area contributed by atoms with Gasteiger partial charge in [-0.25, -0.2) is 0 Å². The molecule has 21 heavy (non-hydrogen) atoms. The number of benzene rings is 2. The van der Waals surface area contributed by atoms with Crippen molar-refractivity contribution >= 4 is 22.7 Å². The average molecular weight is 288 g/mol. The maximum Gasteiger partial charge on any atom is 0.269 e. The highest BCUT2D eigenvalue weighted by Crippen LogP contribution is 2.19. The van der Waals surface area contributed by atoms with Crippen LogP contribution in [0.4, 0.5) is 22.7 Å².